The molecule has 5 nitrogen and oxygen atoms in total. The van der Waals surface area contributed by atoms with E-state index in [0.717, 1.165) is 22.0 Å². The lowest BCUT2D eigenvalue weighted by molar-refractivity contribution is -1.91. The van der Waals surface area contributed by atoms with Gasteiger partial charge in [-0.15, -0.1) is 0 Å². The first-order valence-corrected chi connectivity index (χ1v) is 7.49. The number of para-hydroxylation sites is 1. The number of aromatic nitrogens is 1. The lowest BCUT2D eigenvalue weighted by Crippen LogP contribution is -2.63. The number of nitrogens with zero attached hydrogens (tertiary/aromatic N) is 1. The Hall–Kier alpha value is -1.92. The first-order valence-electron chi connectivity index (χ1n) is 6.25. The van der Waals surface area contributed by atoms with Crippen LogP contribution >= 0.6 is 0 Å². The van der Waals surface area contributed by atoms with E-state index in [2.05, 4.69) is 9.27 Å². The molecule has 0 saturated heterocycles. The van der Waals surface area contributed by atoms with Gasteiger partial charge in [-0.2, -0.15) is 14.0 Å². The minimum atomic E-state index is -4.54. The standard InChI is InChI=1S/C15H12ClNO4/c1-9-4-3-5-11-8-12-13(21-16(18,19)20)7-6-10(2)15(12)17-14(9)11/h3-8H,1-2H3. The van der Waals surface area contributed by atoms with Crippen LogP contribution in [-0.2, 0) is 0 Å². The summed E-state index contributed by atoms with van der Waals surface area (Å²) >= 11 is 0. The number of hydrogen-bond donors (Lipinski definition) is 0. The van der Waals surface area contributed by atoms with E-state index < -0.39 is 10.2 Å². The summed E-state index contributed by atoms with van der Waals surface area (Å²) in [6, 6.07) is 10.7. The Morgan fingerprint density at radius 3 is 2.38 bits per heavy atom. The molecule has 0 N–H and O–H groups in total. The van der Waals surface area contributed by atoms with Crippen molar-refractivity contribution in [1.29, 1.82) is 0 Å². The maximum Gasteiger partial charge on any atom is 0.297 e. The van der Waals surface area contributed by atoms with E-state index in [1.807, 2.05) is 32.0 Å². The SMILES string of the molecule is Cc1cccc2cc3c(O[Cl+3]([O-])([O-])[O-])ccc(C)c3nc12. The van der Waals surface area contributed by atoms with Crippen molar-refractivity contribution < 1.29 is 28.5 Å². The fourth-order valence-electron chi connectivity index (χ4n) is 2.37. The van der Waals surface area contributed by atoms with Crippen LogP contribution in [0.1, 0.15) is 11.1 Å². The van der Waals surface area contributed by atoms with Crippen LogP contribution in [0.2, 0.25) is 0 Å². The van der Waals surface area contributed by atoms with Gasteiger partial charge in [-0.1, -0.05) is 28.6 Å². The minimum absolute atomic E-state index is 0.0110. The molecule has 2 aromatic carbocycles. The largest absolute Gasteiger partial charge is 0.297 e. The van der Waals surface area contributed by atoms with Gasteiger partial charge in [-0.3, -0.25) is 0 Å². The predicted octanol–water partition coefficient (Wildman–Crippen LogP) is 0.281. The highest BCUT2D eigenvalue weighted by Crippen LogP contribution is 2.31. The summed E-state index contributed by atoms with van der Waals surface area (Å²) in [5, 5.41) is 1.36. The second-order valence-electron chi connectivity index (χ2n) is 4.87. The Bertz CT molecular complexity index is 842. The third-order valence-corrected chi connectivity index (χ3v) is 3.70. The smallest absolute Gasteiger partial charge is 0.247 e. The van der Waals surface area contributed by atoms with Crippen LogP contribution in [0.25, 0.3) is 21.8 Å². The van der Waals surface area contributed by atoms with E-state index in [9.17, 15) is 14.0 Å². The Kier molecular flexibility index (Phi) is 3.22. The molecule has 108 valence electrons. The molecule has 0 amide bonds. The molecule has 0 aliphatic rings. The summed E-state index contributed by atoms with van der Waals surface area (Å²) in [5.74, 6) is -0.0110. The topological polar surface area (TPSA) is 91.3 Å². The van der Waals surface area contributed by atoms with Crippen LogP contribution in [0.5, 0.6) is 5.75 Å². The number of hydrogen-bond acceptors (Lipinski definition) is 5. The molecule has 0 spiro atoms. The van der Waals surface area contributed by atoms with Crippen LogP contribution in [-0.4, -0.2) is 4.98 Å². The molecule has 0 aliphatic carbocycles. The number of aryl methyl sites for hydroxylation is 2. The fourth-order valence-corrected chi connectivity index (χ4v) is 2.71. The Balaban J connectivity index is 2.35. The number of rotatable bonds is 2. The monoisotopic (exact) mass is 305 g/mol. The highest BCUT2D eigenvalue weighted by atomic mass is 35.7. The molecule has 0 saturated carbocycles. The van der Waals surface area contributed by atoms with Gasteiger partial charge in [-0.05, 0) is 37.1 Å². The van der Waals surface area contributed by atoms with E-state index in [4.69, 9.17) is 0 Å². The van der Waals surface area contributed by atoms with Gasteiger partial charge >= 0.3 is 0 Å². The summed E-state index contributed by atoms with van der Waals surface area (Å²) in [6.07, 6.45) is 0. The lowest BCUT2D eigenvalue weighted by Gasteiger charge is -2.14. The molecule has 1 heterocycles. The van der Waals surface area contributed by atoms with Crippen molar-refractivity contribution in [3.63, 3.8) is 0 Å². The molecule has 0 aliphatic heterocycles. The Labute approximate surface area is 123 Å². The van der Waals surface area contributed by atoms with Crippen molar-refractivity contribution in [2.75, 3.05) is 0 Å². The van der Waals surface area contributed by atoms with Crippen molar-refractivity contribution in [2.45, 2.75) is 13.8 Å². The molecule has 3 aromatic rings. The number of halogens is 1. The summed E-state index contributed by atoms with van der Waals surface area (Å²) in [5.41, 5.74) is 3.36. The van der Waals surface area contributed by atoms with Crippen molar-refractivity contribution in [1.82, 2.24) is 4.98 Å². The van der Waals surface area contributed by atoms with Gasteiger partial charge in [0.15, 0.2) is 0 Å². The van der Waals surface area contributed by atoms with E-state index in [0.29, 0.717) is 10.9 Å². The average molecular weight is 306 g/mol. The normalized spacial score (nSPS) is 12.0. The third kappa shape index (κ3) is 2.64. The molecule has 0 fully saturated rings. The lowest BCUT2D eigenvalue weighted by atomic mass is 10.0. The Morgan fingerprint density at radius 1 is 0.952 bits per heavy atom. The number of benzene rings is 2. The first kappa shape index (κ1) is 14.0. The minimum Gasteiger partial charge on any atom is -0.247 e. The van der Waals surface area contributed by atoms with Gasteiger partial charge < -0.3 is 0 Å². The predicted molar refractivity (Wildman–Crippen MR) is 69.4 cm³/mol. The number of pyridine rings is 1. The molecular weight excluding hydrogens is 294 g/mol. The van der Waals surface area contributed by atoms with Crippen molar-refractivity contribution in [2.24, 2.45) is 0 Å². The van der Waals surface area contributed by atoms with Crippen LogP contribution < -0.4 is 18.3 Å². The Morgan fingerprint density at radius 2 is 1.67 bits per heavy atom. The first-order chi connectivity index (χ1) is 9.85. The van der Waals surface area contributed by atoms with Crippen molar-refractivity contribution in [3.05, 3.63) is 47.5 Å². The van der Waals surface area contributed by atoms with Crippen LogP contribution in [0.4, 0.5) is 0 Å². The van der Waals surface area contributed by atoms with Crippen molar-refractivity contribution in [3.8, 4) is 5.75 Å². The molecule has 21 heavy (non-hydrogen) atoms. The molecule has 0 radical (unpaired) electrons. The fraction of sp³-hybridized carbons (Fsp3) is 0.133. The zero-order valence-corrected chi connectivity index (χ0v) is 12.2. The van der Waals surface area contributed by atoms with E-state index in [1.165, 1.54) is 6.07 Å². The maximum atomic E-state index is 10.8. The van der Waals surface area contributed by atoms with Gasteiger partial charge in [0.25, 0.3) is 5.75 Å². The average Bonchev–Trinajstić information content (AvgIpc) is 2.40. The molecule has 1 aromatic heterocycles. The number of fused-ring (bicyclic) bond motifs is 2. The summed E-state index contributed by atoms with van der Waals surface area (Å²) in [6.45, 7) is 3.82. The van der Waals surface area contributed by atoms with Gasteiger partial charge in [0.1, 0.15) is 10.2 Å². The molecule has 0 bridgehead atoms. The molecule has 0 unspecified atom stereocenters. The summed E-state index contributed by atoms with van der Waals surface area (Å²) in [7, 11) is -4.54. The second-order valence-corrected chi connectivity index (χ2v) is 5.78. The highest BCUT2D eigenvalue weighted by molar-refractivity contribution is 5.98. The van der Waals surface area contributed by atoms with Gasteiger partial charge in [0.05, 0.1) is 16.4 Å². The molecular formula is C15H12ClNO4. The van der Waals surface area contributed by atoms with E-state index in [1.54, 1.807) is 12.1 Å². The van der Waals surface area contributed by atoms with E-state index >= 15 is 0 Å². The highest BCUT2D eigenvalue weighted by Gasteiger charge is 2.23. The molecule has 6 heteroatoms. The summed E-state index contributed by atoms with van der Waals surface area (Å²) in [4.78, 5) is 4.59. The summed E-state index contributed by atoms with van der Waals surface area (Å²) < 4.78 is 37.0. The quantitative estimate of drug-likeness (QED) is 0.634. The maximum absolute atomic E-state index is 10.8. The van der Waals surface area contributed by atoms with Crippen LogP contribution in [0.15, 0.2) is 36.4 Å². The van der Waals surface area contributed by atoms with Crippen LogP contribution in [0, 0.1) is 24.1 Å². The second kappa shape index (κ2) is 4.82. The van der Waals surface area contributed by atoms with Crippen LogP contribution in [0.3, 0.4) is 0 Å². The zero-order chi connectivity index (χ0) is 15.2. The van der Waals surface area contributed by atoms with Gasteiger partial charge in [0, 0.05) is 5.39 Å². The zero-order valence-electron chi connectivity index (χ0n) is 11.4. The van der Waals surface area contributed by atoms with Gasteiger partial charge in [0.2, 0.25) is 0 Å². The van der Waals surface area contributed by atoms with Crippen molar-refractivity contribution >= 4 is 21.8 Å². The molecule has 0 atom stereocenters. The molecule has 3 rings (SSSR count). The van der Waals surface area contributed by atoms with Gasteiger partial charge in [-0.25, -0.2) is 4.98 Å². The third-order valence-electron chi connectivity index (χ3n) is 3.35. The van der Waals surface area contributed by atoms with E-state index in [-0.39, 0.29) is 5.75 Å².